The van der Waals surface area contributed by atoms with Crippen molar-refractivity contribution in [1.29, 1.82) is 0 Å². The predicted molar refractivity (Wildman–Crippen MR) is 121 cm³/mol. The second kappa shape index (κ2) is 8.79. The Kier molecular flexibility index (Phi) is 5.78. The monoisotopic (exact) mass is 517 g/mol. The predicted octanol–water partition coefficient (Wildman–Crippen LogP) is 6.09. The van der Waals surface area contributed by atoms with Gasteiger partial charge >= 0.3 is 6.18 Å². The maximum atomic E-state index is 14.5. The summed E-state index contributed by atoms with van der Waals surface area (Å²) in [6.45, 7) is -0.171. The van der Waals surface area contributed by atoms with Crippen LogP contribution in [0.2, 0.25) is 10.0 Å². The molecule has 0 fully saturated rings. The summed E-state index contributed by atoms with van der Waals surface area (Å²) in [6, 6.07) is 12.0. The Morgan fingerprint density at radius 3 is 2.46 bits per heavy atom. The lowest BCUT2D eigenvalue weighted by Gasteiger charge is -2.14. The molecule has 0 amide bonds. The highest BCUT2D eigenvalue weighted by atomic mass is 35.5. The van der Waals surface area contributed by atoms with Gasteiger partial charge in [0.2, 0.25) is 11.6 Å². The smallest absolute Gasteiger partial charge is 0.332 e. The fourth-order valence-electron chi connectivity index (χ4n) is 3.74. The number of rotatable bonds is 5. The first-order valence-electron chi connectivity index (χ1n) is 10.0. The zero-order chi connectivity index (χ0) is 24.7. The molecule has 0 atom stereocenters. The first kappa shape index (κ1) is 23.0. The molecule has 7 nitrogen and oxygen atoms in total. The van der Waals surface area contributed by atoms with Gasteiger partial charge in [0.05, 0.1) is 5.56 Å². The van der Waals surface area contributed by atoms with Crippen LogP contribution in [0.15, 0.2) is 65.6 Å². The van der Waals surface area contributed by atoms with Gasteiger partial charge in [-0.2, -0.15) is 18.2 Å². The molecule has 176 valence electrons. The van der Waals surface area contributed by atoms with Crippen LogP contribution in [0.4, 0.5) is 13.2 Å². The molecule has 0 N–H and O–H groups in total. The highest BCUT2D eigenvalue weighted by Crippen LogP contribution is 2.40. The molecular weight excluding hydrogens is 506 g/mol. The van der Waals surface area contributed by atoms with Gasteiger partial charge in [-0.1, -0.05) is 40.5 Å². The lowest BCUT2D eigenvalue weighted by molar-refractivity contribution is -0.143. The largest absolute Gasteiger partial charge is 0.432 e. The Hall–Kier alpha value is -3.76. The van der Waals surface area contributed by atoms with Crippen LogP contribution >= 0.6 is 23.2 Å². The highest BCUT2D eigenvalue weighted by Gasteiger charge is 2.42. The first-order valence-corrected chi connectivity index (χ1v) is 10.8. The van der Waals surface area contributed by atoms with Gasteiger partial charge in [0.1, 0.15) is 17.7 Å². The van der Waals surface area contributed by atoms with Gasteiger partial charge in [-0.05, 0) is 42.0 Å². The number of carbonyl (C=O) groups excluding carboxylic acids is 1. The van der Waals surface area contributed by atoms with E-state index in [2.05, 4.69) is 20.1 Å². The summed E-state index contributed by atoms with van der Waals surface area (Å²) in [6.07, 6.45) is -2.24. The van der Waals surface area contributed by atoms with E-state index in [9.17, 15) is 18.0 Å². The van der Waals surface area contributed by atoms with Crippen LogP contribution in [0.25, 0.3) is 22.5 Å². The van der Waals surface area contributed by atoms with E-state index in [1.54, 1.807) is 24.3 Å². The number of ketones is 1. The minimum atomic E-state index is -4.89. The summed E-state index contributed by atoms with van der Waals surface area (Å²) in [5, 5.41) is 4.23. The lowest BCUT2D eigenvalue weighted by Crippen LogP contribution is -2.19. The van der Waals surface area contributed by atoms with Crippen molar-refractivity contribution in [1.82, 2.24) is 24.7 Å². The van der Waals surface area contributed by atoms with E-state index in [1.807, 2.05) is 0 Å². The van der Waals surface area contributed by atoms with Crippen LogP contribution < -0.4 is 0 Å². The molecule has 3 aromatic heterocycles. The third kappa shape index (κ3) is 4.38. The fourth-order valence-corrected chi connectivity index (χ4v) is 4.03. The van der Waals surface area contributed by atoms with Crippen LogP contribution in [0.5, 0.6) is 0 Å². The molecule has 5 aromatic rings. The zero-order valence-corrected chi connectivity index (χ0v) is 18.9. The van der Waals surface area contributed by atoms with Crippen LogP contribution in [-0.4, -0.2) is 30.5 Å². The molecule has 0 unspecified atom stereocenters. The first-order chi connectivity index (χ1) is 16.7. The molecule has 0 spiro atoms. The van der Waals surface area contributed by atoms with E-state index >= 15 is 0 Å². The number of carbonyl (C=O) groups is 1. The Morgan fingerprint density at radius 2 is 1.77 bits per heavy atom. The van der Waals surface area contributed by atoms with Gasteiger partial charge < -0.3 is 9.09 Å². The summed E-state index contributed by atoms with van der Waals surface area (Å²) in [5.74, 6) is -1.75. The highest BCUT2D eigenvalue weighted by molar-refractivity contribution is 6.32. The average Bonchev–Trinajstić information content (AvgIpc) is 3.44. The van der Waals surface area contributed by atoms with E-state index in [0.717, 1.165) is 4.57 Å². The molecule has 12 heteroatoms. The second-order valence-corrected chi connectivity index (χ2v) is 8.32. The number of benzene rings is 2. The van der Waals surface area contributed by atoms with Crippen LogP contribution in [0.1, 0.15) is 27.4 Å². The molecule has 2 aromatic carbocycles. The summed E-state index contributed by atoms with van der Waals surface area (Å²) in [4.78, 5) is 25.1. The van der Waals surface area contributed by atoms with Crippen LogP contribution in [-0.2, 0) is 12.7 Å². The van der Waals surface area contributed by atoms with Gasteiger partial charge in [-0.25, -0.2) is 9.97 Å². The molecule has 0 radical (unpaired) electrons. The van der Waals surface area contributed by atoms with Crippen molar-refractivity contribution in [2.45, 2.75) is 12.7 Å². The standard InChI is InChI=1S/C23H12Cl2F3N5O2/c24-13-3-1-12(2-4-13)10-33-17-6-5-14(25)9-15(17)18(20(33)23(26,27)28)19(34)21-31-22(35-32-21)16-7-8-29-11-30-16/h1-9,11H,10H2. The Balaban J connectivity index is 1.70. The molecule has 5 rings (SSSR count). The van der Waals surface area contributed by atoms with Crippen molar-refractivity contribution >= 4 is 39.9 Å². The van der Waals surface area contributed by atoms with Crippen LogP contribution in [0.3, 0.4) is 0 Å². The van der Waals surface area contributed by atoms with Gasteiger partial charge in [-0.3, -0.25) is 4.79 Å². The van der Waals surface area contributed by atoms with Gasteiger partial charge in [0.25, 0.3) is 5.89 Å². The number of aromatic nitrogens is 5. The molecule has 35 heavy (non-hydrogen) atoms. The van der Waals surface area contributed by atoms with Crippen LogP contribution in [0, 0.1) is 0 Å². The van der Waals surface area contributed by atoms with Gasteiger partial charge in [0.15, 0.2) is 0 Å². The molecule has 0 aliphatic carbocycles. The molecule has 0 aliphatic rings. The van der Waals surface area contributed by atoms with Crippen molar-refractivity contribution in [3.63, 3.8) is 0 Å². The second-order valence-electron chi connectivity index (χ2n) is 7.44. The summed E-state index contributed by atoms with van der Waals surface area (Å²) >= 11 is 12.0. The van der Waals surface area contributed by atoms with E-state index in [1.165, 1.54) is 36.8 Å². The maximum absolute atomic E-state index is 14.5. The third-order valence-corrected chi connectivity index (χ3v) is 5.69. The quantitative estimate of drug-likeness (QED) is 0.262. The van der Waals surface area contributed by atoms with E-state index in [0.29, 0.717) is 10.6 Å². The minimum Gasteiger partial charge on any atom is -0.332 e. The molecule has 0 saturated carbocycles. The van der Waals surface area contributed by atoms with Gasteiger partial charge in [-0.15, -0.1) is 0 Å². The summed E-state index contributed by atoms with van der Waals surface area (Å²) in [5.41, 5.74) is -0.839. The Labute approximate surface area is 205 Å². The lowest BCUT2D eigenvalue weighted by atomic mass is 10.1. The number of fused-ring (bicyclic) bond motifs is 1. The van der Waals surface area contributed by atoms with E-state index < -0.39 is 29.0 Å². The number of hydrogen-bond acceptors (Lipinski definition) is 6. The topological polar surface area (TPSA) is 86.7 Å². The summed E-state index contributed by atoms with van der Waals surface area (Å²) in [7, 11) is 0. The zero-order valence-electron chi connectivity index (χ0n) is 17.4. The van der Waals surface area contributed by atoms with E-state index in [-0.39, 0.29) is 34.1 Å². The Bertz CT molecular complexity index is 1550. The number of alkyl halides is 3. The number of halogens is 5. The van der Waals surface area contributed by atoms with Crippen molar-refractivity contribution < 1.29 is 22.5 Å². The summed E-state index contributed by atoms with van der Waals surface area (Å²) < 4.78 is 49.4. The minimum absolute atomic E-state index is 0.0113. The van der Waals surface area contributed by atoms with Crippen molar-refractivity contribution in [3.05, 3.63) is 93.7 Å². The third-order valence-electron chi connectivity index (χ3n) is 5.21. The molecule has 0 aliphatic heterocycles. The van der Waals surface area contributed by atoms with E-state index in [4.69, 9.17) is 27.7 Å². The molecule has 0 bridgehead atoms. The average molecular weight is 518 g/mol. The fraction of sp³-hybridized carbons (Fsp3) is 0.0870. The van der Waals surface area contributed by atoms with Crippen molar-refractivity contribution in [3.8, 4) is 11.6 Å². The molecular formula is C23H12Cl2F3N5O2. The van der Waals surface area contributed by atoms with Crippen molar-refractivity contribution in [2.24, 2.45) is 0 Å². The SMILES string of the molecule is O=C(c1noc(-c2ccncn2)n1)c1c(C(F)(F)F)n(Cc2ccc(Cl)cc2)c2ccc(Cl)cc12. The Morgan fingerprint density at radius 1 is 1.03 bits per heavy atom. The van der Waals surface area contributed by atoms with Crippen molar-refractivity contribution in [2.75, 3.05) is 0 Å². The molecule has 3 heterocycles. The molecule has 0 saturated heterocycles. The number of nitrogens with zero attached hydrogens (tertiary/aromatic N) is 5. The maximum Gasteiger partial charge on any atom is 0.432 e. The normalized spacial score (nSPS) is 11.8. The van der Waals surface area contributed by atoms with Gasteiger partial charge in [0, 0.05) is 33.7 Å². The number of hydrogen-bond donors (Lipinski definition) is 0.